The fourth-order valence-electron chi connectivity index (χ4n) is 2.06. The maximum Gasteiger partial charge on any atom is 0.267 e. The number of thiophene rings is 1. The Labute approximate surface area is 154 Å². The smallest absolute Gasteiger partial charge is 0.267 e. The van der Waals surface area contributed by atoms with Gasteiger partial charge in [0.2, 0.25) is 0 Å². The van der Waals surface area contributed by atoms with Crippen molar-refractivity contribution >= 4 is 77.4 Å². The molecule has 0 bridgehead atoms. The first kappa shape index (κ1) is 16.5. The summed E-state index contributed by atoms with van der Waals surface area (Å²) in [5.41, 5.74) is 0.931. The molecule has 0 unspecified atom stereocenters. The van der Waals surface area contributed by atoms with Crippen LogP contribution in [0.5, 0.6) is 0 Å². The Hall–Kier alpha value is -1.40. The maximum atomic E-state index is 12.4. The molecule has 0 aliphatic rings. The number of anilines is 1. The molecule has 23 heavy (non-hydrogen) atoms. The van der Waals surface area contributed by atoms with Gasteiger partial charge in [-0.3, -0.25) is 9.59 Å². The summed E-state index contributed by atoms with van der Waals surface area (Å²) in [4.78, 5) is 23.9. The first-order valence-corrected chi connectivity index (χ1v) is 8.81. The number of carbonyl (C=O) groups excluding carboxylic acids is 2. The topological polar surface area (TPSA) is 46.2 Å². The van der Waals surface area contributed by atoms with Gasteiger partial charge >= 0.3 is 0 Å². The average molecular weight is 429 g/mol. The van der Waals surface area contributed by atoms with Gasteiger partial charge in [0.05, 0.1) is 5.02 Å². The SMILES string of the molecule is O=C(Cl)c1ccc(NC(=O)c2sc3cc(Br)ccc3c2Cl)cc1. The molecule has 3 rings (SSSR count). The van der Waals surface area contributed by atoms with Crippen molar-refractivity contribution in [1.29, 1.82) is 0 Å². The first-order valence-electron chi connectivity index (χ1n) is 6.44. The van der Waals surface area contributed by atoms with E-state index in [9.17, 15) is 9.59 Å². The van der Waals surface area contributed by atoms with Gasteiger partial charge in [0, 0.05) is 25.8 Å². The molecule has 0 spiro atoms. The van der Waals surface area contributed by atoms with E-state index in [0.717, 1.165) is 14.6 Å². The highest BCUT2D eigenvalue weighted by Crippen LogP contribution is 2.37. The second-order valence-corrected chi connectivity index (χ2v) is 7.38. The molecule has 0 aliphatic carbocycles. The average Bonchev–Trinajstić information content (AvgIpc) is 2.84. The lowest BCUT2D eigenvalue weighted by Gasteiger charge is -2.04. The summed E-state index contributed by atoms with van der Waals surface area (Å²) in [7, 11) is 0. The van der Waals surface area contributed by atoms with E-state index in [-0.39, 0.29) is 5.91 Å². The lowest BCUT2D eigenvalue weighted by Crippen LogP contribution is -2.10. The zero-order valence-corrected chi connectivity index (χ0v) is 15.3. The first-order chi connectivity index (χ1) is 11.0. The predicted molar refractivity (Wildman–Crippen MR) is 99.1 cm³/mol. The highest BCUT2D eigenvalue weighted by atomic mass is 79.9. The molecule has 0 atom stereocenters. The van der Waals surface area contributed by atoms with Gasteiger partial charge in [-0.05, 0) is 48.0 Å². The van der Waals surface area contributed by atoms with Gasteiger partial charge in [-0.2, -0.15) is 0 Å². The van der Waals surface area contributed by atoms with Crippen molar-refractivity contribution in [3.8, 4) is 0 Å². The molecule has 0 radical (unpaired) electrons. The number of rotatable bonds is 3. The Balaban J connectivity index is 1.88. The monoisotopic (exact) mass is 427 g/mol. The van der Waals surface area contributed by atoms with Crippen LogP contribution in [-0.2, 0) is 0 Å². The van der Waals surface area contributed by atoms with Crippen LogP contribution < -0.4 is 5.32 Å². The third-order valence-corrected chi connectivity index (χ3v) is 5.53. The summed E-state index contributed by atoms with van der Waals surface area (Å²) in [6, 6.07) is 12.0. The Morgan fingerprint density at radius 2 is 1.78 bits per heavy atom. The third kappa shape index (κ3) is 3.43. The number of amides is 1. The van der Waals surface area contributed by atoms with Crippen LogP contribution in [0.15, 0.2) is 46.9 Å². The Morgan fingerprint density at radius 1 is 1.09 bits per heavy atom. The summed E-state index contributed by atoms with van der Waals surface area (Å²) in [6.07, 6.45) is 0. The van der Waals surface area contributed by atoms with Crippen molar-refractivity contribution in [2.24, 2.45) is 0 Å². The van der Waals surface area contributed by atoms with E-state index < -0.39 is 5.24 Å². The van der Waals surface area contributed by atoms with Crippen molar-refractivity contribution in [3.63, 3.8) is 0 Å². The van der Waals surface area contributed by atoms with E-state index in [1.807, 2.05) is 18.2 Å². The van der Waals surface area contributed by atoms with Crippen LogP contribution >= 0.6 is 50.5 Å². The van der Waals surface area contributed by atoms with E-state index in [1.165, 1.54) is 11.3 Å². The van der Waals surface area contributed by atoms with Gasteiger partial charge in [0.15, 0.2) is 0 Å². The van der Waals surface area contributed by atoms with Crippen LogP contribution in [0.4, 0.5) is 5.69 Å². The fraction of sp³-hybridized carbons (Fsp3) is 0. The van der Waals surface area contributed by atoms with Crippen molar-refractivity contribution in [3.05, 3.63) is 62.4 Å². The molecule has 0 fully saturated rings. The molecular weight excluding hydrogens is 421 g/mol. The van der Waals surface area contributed by atoms with E-state index >= 15 is 0 Å². The van der Waals surface area contributed by atoms with Gasteiger partial charge in [-0.1, -0.05) is 33.6 Å². The van der Waals surface area contributed by atoms with Gasteiger partial charge in [-0.25, -0.2) is 0 Å². The molecule has 1 aromatic heterocycles. The minimum atomic E-state index is -0.541. The molecule has 2 aromatic carbocycles. The van der Waals surface area contributed by atoms with E-state index in [4.69, 9.17) is 23.2 Å². The fourth-order valence-corrected chi connectivity index (χ4v) is 4.15. The Morgan fingerprint density at radius 3 is 2.43 bits per heavy atom. The third-order valence-electron chi connectivity index (χ3n) is 3.17. The number of hydrogen-bond donors (Lipinski definition) is 1. The summed E-state index contributed by atoms with van der Waals surface area (Å²) in [6.45, 7) is 0. The molecule has 1 amide bonds. The molecular formula is C16H8BrCl2NO2S. The second-order valence-electron chi connectivity index (χ2n) is 4.69. The van der Waals surface area contributed by atoms with Crippen LogP contribution in [0.1, 0.15) is 20.0 Å². The Bertz CT molecular complexity index is 922. The predicted octanol–water partition coefficient (Wildman–Crippen LogP) is 5.95. The lowest BCUT2D eigenvalue weighted by atomic mass is 10.2. The van der Waals surface area contributed by atoms with E-state index in [1.54, 1.807) is 24.3 Å². The quantitative estimate of drug-likeness (QED) is 0.524. The summed E-state index contributed by atoms with van der Waals surface area (Å²) >= 11 is 16.4. The molecule has 3 aromatic rings. The number of benzene rings is 2. The van der Waals surface area contributed by atoms with Gasteiger partial charge in [0.1, 0.15) is 4.88 Å². The van der Waals surface area contributed by atoms with Crippen LogP contribution in [0, 0.1) is 0 Å². The van der Waals surface area contributed by atoms with Crippen molar-refractivity contribution in [2.75, 3.05) is 5.32 Å². The summed E-state index contributed by atoms with van der Waals surface area (Å²) in [5, 5.41) is 3.49. The van der Waals surface area contributed by atoms with Crippen molar-refractivity contribution in [1.82, 2.24) is 0 Å². The lowest BCUT2D eigenvalue weighted by molar-refractivity contribution is 0.103. The normalized spacial score (nSPS) is 10.7. The van der Waals surface area contributed by atoms with Gasteiger partial charge in [0.25, 0.3) is 11.1 Å². The summed E-state index contributed by atoms with van der Waals surface area (Å²) < 4.78 is 1.86. The molecule has 1 heterocycles. The zero-order valence-electron chi connectivity index (χ0n) is 11.4. The molecule has 7 heteroatoms. The molecule has 3 nitrogen and oxygen atoms in total. The molecule has 0 saturated heterocycles. The minimum absolute atomic E-state index is 0.294. The highest BCUT2D eigenvalue weighted by molar-refractivity contribution is 9.10. The largest absolute Gasteiger partial charge is 0.321 e. The molecule has 116 valence electrons. The van der Waals surface area contributed by atoms with E-state index in [0.29, 0.717) is 21.2 Å². The van der Waals surface area contributed by atoms with E-state index in [2.05, 4.69) is 21.2 Å². The second kappa shape index (κ2) is 6.61. The molecule has 0 saturated carbocycles. The van der Waals surface area contributed by atoms with Crippen LogP contribution in [-0.4, -0.2) is 11.1 Å². The Kier molecular flexibility index (Phi) is 4.73. The maximum absolute atomic E-state index is 12.4. The summed E-state index contributed by atoms with van der Waals surface area (Å²) in [5.74, 6) is -0.294. The number of carbonyl (C=O) groups is 2. The highest BCUT2D eigenvalue weighted by Gasteiger charge is 2.17. The number of nitrogens with one attached hydrogen (secondary N) is 1. The molecule has 0 aliphatic heterocycles. The van der Waals surface area contributed by atoms with Crippen LogP contribution in [0.25, 0.3) is 10.1 Å². The number of hydrogen-bond acceptors (Lipinski definition) is 3. The van der Waals surface area contributed by atoms with Crippen molar-refractivity contribution in [2.45, 2.75) is 0 Å². The minimum Gasteiger partial charge on any atom is -0.321 e. The standard InChI is InChI=1S/C16H8BrCl2NO2S/c17-9-3-6-11-12(7-9)23-14(13(11)18)16(22)20-10-4-1-8(2-5-10)15(19)21/h1-7H,(H,20,22). The van der Waals surface area contributed by atoms with Crippen molar-refractivity contribution < 1.29 is 9.59 Å². The number of halogens is 3. The number of fused-ring (bicyclic) bond motifs is 1. The molecule has 1 N–H and O–H groups in total. The van der Waals surface area contributed by atoms with Gasteiger partial charge < -0.3 is 5.32 Å². The van der Waals surface area contributed by atoms with Crippen LogP contribution in [0.3, 0.4) is 0 Å². The zero-order chi connectivity index (χ0) is 16.6. The van der Waals surface area contributed by atoms with Gasteiger partial charge in [-0.15, -0.1) is 11.3 Å². The van der Waals surface area contributed by atoms with Crippen LogP contribution in [0.2, 0.25) is 5.02 Å².